The van der Waals surface area contributed by atoms with Gasteiger partial charge in [-0.2, -0.15) is 5.26 Å². The number of nitrogens with two attached hydrogens (primary N) is 1. The lowest BCUT2D eigenvalue weighted by atomic mass is 10.1. The van der Waals surface area contributed by atoms with Crippen molar-refractivity contribution in [3.05, 3.63) is 32.9 Å². The predicted molar refractivity (Wildman–Crippen MR) is 104 cm³/mol. The van der Waals surface area contributed by atoms with Crippen molar-refractivity contribution in [3.8, 4) is 23.1 Å². The summed E-state index contributed by atoms with van der Waals surface area (Å²) in [6, 6.07) is 5.21. The fourth-order valence-electron chi connectivity index (χ4n) is 2.84. The number of fused-ring (bicyclic) bond motifs is 1. The van der Waals surface area contributed by atoms with Gasteiger partial charge in [0.25, 0.3) is 0 Å². The van der Waals surface area contributed by atoms with E-state index in [9.17, 15) is 4.79 Å². The Morgan fingerprint density at radius 1 is 1.48 bits per heavy atom. The number of carbonyl (C=O) groups excluding carboxylic acids is 1. The van der Waals surface area contributed by atoms with Gasteiger partial charge in [-0.15, -0.1) is 0 Å². The van der Waals surface area contributed by atoms with Gasteiger partial charge >= 0.3 is 6.03 Å². The highest BCUT2D eigenvalue weighted by Gasteiger charge is 2.29. The van der Waals surface area contributed by atoms with Gasteiger partial charge in [0.15, 0.2) is 0 Å². The maximum atomic E-state index is 12.3. The molecule has 27 heavy (non-hydrogen) atoms. The van der Waals surface area contributed by atoms with Gasteiger partial charge in [-0.05, 0) is 28.1 Å². The molecule has 1 aliphatic heterocycles. The number of rotatable bonds is 4. The number of benzene rings is 1. The number of amides is 2. The molecular formula is C17H16BrClN6O2. The van der Waals surface area contributed by atoms with Crippen molar-refractivity contribution in [1.29, 1.82) is 5.26 Å². The van der Waals surface area contributed by atoms with E-state index in [1.165, 1.54) is 0 Å². The number of nitrogen functional groups attached to an aromatic ring is 1. The predicted octanol–water partition coefficient (Wildman–Crippen LogP) is 3.09. The number of halogens is 2. The quantitative estimate of drug-likeness (QED) is 0.690. The lowest BCUT2D eigenvalue weighted by Gasteiger charge is -2.15. The Hall–Kier alpha value is -2.57. The van der Waals surface area contributed by atoms with Crippen LogP contribution in [-0.2, 0) is 13.1 Å². The SMILES string of the molecule is COc1cc(-c2nc(N)nc3c2CN(C(=O)NCCC#N)C3)c(Cl)cc1Br. The minimum Gasteiger partial charge on any atom is -0.496 e. The summed E-state index contributed by atoms with van der Waals surface area (Å²) in [6.45, 7) is 0.912. The summed E-state index contributed by atoms with van der Waals surface area (Å²) in [4.78, 5) is 22.5. The fourth-order valence-corrected chi connectivity index (χ4v) is 3.73. The number of methoxy groups -OCH3 is 1. The number of carbonyl (C=O) groups is 1. The molecule has 0 unspecified atom stereocenters. The first-order valence-electron chi connectivity index (χ1n) is 8.03. The molecule has 0 saturated heterocycles. The number of nitrogens with one attached hydrogen (secondary N) is 1. The van der Waals surface area contributed by atoms with Crippen molar-refractivity contribution in [1.82, 2.24) is 20.2 Å². The molecule has 1 aromatic heterocycles. The van der Waals surface area contributed by atoms with E-state index in [0.29, 0.717) is 47.4 Å². The van der Waals surface area contributed by atoms with Crippen molar-refractivity contribution in [2.75, 3.05) is 19.4 Å². The summed E-state index contributed by atoms with van der Waals surface area (Å²) in [7, 11) is 1.56. The third-order valence-electron chi connectivity index (χ3n) is 4.10. The first-order chi connectivity index (χ1) is 12.9. The zero-order chi connectivity index (χ0) is 19.6. The smallest absolute Gasteiger partial charge is 0.318 e. The number of urea groups is 1. The lowest BCUT2D eigenvalue weighted by molar-refractivity contribution is 0.198. The minimum absolute atomic E-state index is 0.105. The largest absolute Gasteiger partial charge is 0.496 e. The fraction of sp³-hybridized carbons (Fsp3) is 0.294. The van der Waals surface area contributed by atoms with Crippen LogP contribution in [-0.4, -0.2) is 34.6 Å². The molecule has 8 nitrogen and oxygen atoms in total. The van der Waals surface area contributed by atoms with Crippen LogP contribution in [0.1, 0.15) is 17.7 Å². The highest BCUT2D eigenvalue weighted by molar-refractivity contribution is 9.10. The molecule has 2 heterocycles. The monoisotopic (exact) mass is 450 g/mol. The minimum atomic E-state index is -0.271. The van der Waals surface area contributed by atoms with Gasteiger partial charge in [0, 0.05) is 17.7 Å². The van der Waals surface area contributed by atoms with Crippen molar-refractivity contribution in [3.63, 3.8) is 0 Å². The molecule has 0 bridgehead atoms. The molecule has 140 valence electrons. The molecule has 0 aliphatic carbocycles. The number of nitrogens with zero attached hydrogens (tertiary/aromatic N) is 4. The Balaban J connectivity index is 1.96. The average molecular weight is 452 g/mol. The summed E-state index contributed by atoms with van der Waals surface area (Å²) in [6.07, 6.45) is 0.249. The number of hydrogen-bond donors (Lipinski definition) is 2. The average Bonchev–Trinajstić information content (AvgIpc) is 3.05. The molecule has 3 rings (SSSR count). The zero-order valence-corrected chi connectivity index (χ0v) is 16.8. The maximum Gasteiger partial charge on any atom is 0.318 e. The Morgan fingerprint density at radius 2 is 2.26 bits per heavy atom. The summed E-state index contributed by atoms with van der Waals surface area (Å²) >= 11 is 9.82. The Labute approximate surface area is 169 Å². The van der Waals surface area contributed by atoms with Gasteiger partial charge < -0.3 is 20.7 Å². The second-order valence-electron chi connectivity index (χ2n) is 5.82. The molecular weight excluding hydrogens is 436 g/mol. The summed E-state index contributed by atoms with van der Waals surface area (Å²) < 4.78 is 6.06. The summed E-state index contributed by atoms with van der Waals surface area (Å²) in [5.41, 5.74) is 8.55. The molecule has 0 radical (unpaired) electrons. The topological polar surface area (TPSA) is 117 Å². The number of anilines is 1. The number of ether oxygens (including phenoxy) is 1. The van der Waals surface area contributed by atoms with Crippen LogP contribution >= 0.6 is 27.5 Å². The van der Waals surface area contributed by atoms with Crippen molar-refractivity contribution >= 4 is 39.5 Å². The third-order valence-corrected chi connectivity index (χ3v) is 5.03. The molecule has 0 fully saturated rings. The van der Waals surface area contributed by atoms with Crippen LogP contribution in [0.25, 0.3) is 11.3 Å². The van der Waals surface area contributed by atoms with E-state index in [2.05, 4.69) is 31.2 Å². The second kappa shape index (κ2) is 7.98. The van der Waals surface area contributed by atoms with Gasteiger partial charge in [-0.25, -0.2) is 14.8 Å². The van der Waals surface area contributed by atoms with Crippen LogP contribution in [0.5, 0.6) is 5.75 Å². The highest BCUT2D eigenvalue weighted by atomic mass is 79.9. The van der Waals surface area contributed by atoms with Crippen molar-refractivity contribution < 1.29 is 9.53 Å². The van der Waals surface area contributed by atoms with Crippen LogP contribution < -0.4 is 15.8 Å². The van der Waals surface area contributed by atoms with Crippen molar-refractivity contribution in [2.45, 2.75) is 19.5 Å². The van der Waals surface area contributed by atoms with E-state index in [1.807, 2.05) is 6.07 Å². The van der Waals surface area contributed by atoms with E-state index in [1.54, 1.807) is 24.1 Å². The van der Waals surface area contributed by atoms with Gasteiger partial charge in [-0.3, -0.25) is 0 Å². The normalized spacial score (nSPS) is 12.4. The molecule has 10 heteroatoms. The standard InChI is InChI=1S/C17H16BrClN6O2/c1-27-14-5-9(12(19)6-11(14)18)15-10-7-25(17(26)22-4-2-3-20)8-13(10)23-16(21)24-15/h5-6H,2,4,7-8H2,1H3,(H,22,26)(H2,21,23,24). The molecule has 3 N–H and O–H groups in total. The number of hydrogen-bond acceptors (Lipinski definition) is 6. The first kappa shape index (κ1) is 19.2. The van der Waals surface area contributed by atoms with Gasteiger partial charge in [0.1, 0.15) is 5.75 Å². The lowest BCUT2D eigenvalue weighted by Crippen LogP contribution is -2.36. The molecule has 1 aromatic carbocycles. The molecule has 2 aromatic rings. The Morgan fingerprint density at radius 3 is 2.96 bits per heavy atom. The van der Waals surface area contributed by atoms with E-state index in [-0.39, 0.29) is 18.4 Å². The van der Waals surface area contributed by atoms with Crippen LogP contribution in [0.3, 0.4) is 0 Å². The first-order valence-corrected chi connectivity index (χ1v) is 9.20. The van der Waals surface area contributed by atoms with E-state index in [4.69, 9.17) is 27.3 Å². The number of nitriles is 1. The van der Waals surface area contributed by atoms with Crippen LogP contribution in [0, 0.1) is 11.3 Å². The molecule has 2 amide bonds. The molecule has 0 spiro atoms. The van der Waals surface area contributed by atoms with Crippen LogP contribution in [0.15, 0.2) is 16.6 Å². The van der Waals surface area contributed by atoms with Gasteiger partial charge in [-0.1, -0.05) is 11.6 Å². The Bertz CT molecular complexity index is 946. The van der Waals surface area contributed by atoms with Gasteiger partial charge in [0.05, 0.1) is 53.6 Å². The van der Waals surface area contributed by atoms with Gasteiger partial charge in [0.2, 0.25) is 5.95 Å². The summed E-state index contributed by atoms with van der Waals surface area (Å²) in [5, 5.41) is 11.8. The Kier molecular flexibility index (Phi) is 5.68. The van der Waals surface area contributed by atoms with E-state index >= 15 is 0 Å². The van der Waals surface area contributed by atoms with E-state index < -0.39 is 0 Å². The molecule has 0 saturated carbocycles. The van der Waals surface area contributed by atoms with Crippen molar-refractivity contribution in [2.24, 2.45) is 0 Å². The zero-order valence-electron chi connectivity index (χ0n) is 14.4. The summed E-state index contributed by atoms with van der Waals surface area (Å²) in [5.74, 6) is 0.706. The molecule has 0 atom stereocenters. The van der Waals surface area contributed by atoms with Crippen LogP contribution in [0.2, 0.25) is 5.02 Å². The molecule has 1 aliphatic rings. The van der Waals surface area contributed by atoms with Crippen LogP contribution in [0.4, 0.5) is 10.7 Å². The highest BCUT2D eigenvalue weighted by Crippen LogP contribution is 2.39. The van der Waals surface area contributed by atoms with E-state index in [0.717, 1.165) is 10.0 Å². The number of aromatic nitrogens is 2. The maximum absolute atomic E-state index is 12.3. The second-order valence-corrected chi connectivity index (χ2v) is 7.08. The third kappa shape index (κ3) is 3.91.